The van der Waals surface area contributed by atoms with Crippen LogP contribution in [0.15, 0.2) is 52.1 Å². The van der Waals surface area contributed by atoms with Gasteiger partial charge in [0.15, 0.2) is 10.2 Å². The van der Waals surface area contributed by atoms with Crippen LogP contribution in [-0.4, -0.2) is 19.3 Å². The van der Waals surface area contributed by atoms with Crippen molar-refractivity contribution in [3.63, 3.8) is 0 Å². The first-order valence-corrected chi connectivity index (χ1v) is 7.30. The van der Waals surface area contributed by atoms with Gasteiger partial charge in [-0.3, -0.25) is 0 Å². The average molecular weight is 302 g/mol. The average Bonchev–Trinajstić information content (AvgIpc) is 3.00. The normalized spacial score (nSPS) is 10.4. The van der Waals surface area contributed by atoms with Crippen molar-refractivity contribution < 1.29 is 0 Å². The van der Waals surface area contributed by atoms with E-state index < -0.39 is 0 Å². The molecule has 0 aliphatic carbocycles. The Morgan fingerprint density at radius 2 is 2.00 bits per heavy atom. The summed E-state index contributed by atoms with van der Waals surface area (Å²) in [4.78, 5) is 13.0. The van der Waals surface area contributed by atoms with Crippen LogP contribution in [-0.2, 0) is 0 Å². The van der Waals surface area contributed by atoms with Crippen molar-refractivity contribution in [3.8, 4) is 11.4 Å². The fourth-order valence-corrected chi connectivity index (χ4v) is 2.96. The summed E-state index contributed by atoms with van der Waals surface area (Å²) in [6, 6.07) is 11.5. The summed E-state index contributed by atoms with van der Waals surface area (Å²) >= 11 is 2.75. The molecule has 0 amide bonds. The lowest BCUT2D eigenvalue weighted by Gasteiger charge is -2.06. The van der Waals surface area contributed by atoms with E-state index in [0.717, 1.165) is 14.9 Å². The Morgan fingerprint density at radius 3 is 2.70 bits per heavy atom. The maximum Gasteiger partial charge on any atom is 0.175 e. The van der Waals surface area contributed by atoms with Gasteiger partial charge in [0.2, 0.25) is 0 Å². The first-order valence-electron chi connectivity index (χ1n) is 5.71. The second-order valence-electron chi connectivity index (χ2n) is 3.73. The van der Waals surface area contributed by atoms with Gasteiger partial charge in [-0.05, 0) is 23.3 Å². The summed E-state index contributed by atoms with van der Waals surface area (Å²) in [5.74, 6) is 6.64. The van der Waals surface area contributed by atoms with Crippen LogP contribution in [0.25, 0.3) is 11.4 Å². The van der Waals surface area contributed by atoms with Crippen molar-refractivity contribution in [1.82, 2.24) is 19.3 Å². The van der Waals surface area contributed by atoms with Crippen molar-refractivity contribution in [2.24, 2.45) is 5.84 Å². The second kappa shape index (κ2) is 5.95. The molecule has 0 fully saturated rings. The van der Waals surface area contributed by atoms with Crippen LogP contribution in [0.4, 0.5) is 5.82 Å². The number of anilines is 1. The molecule has 0 saturated carbocycles. The Kier molecular flexibility index (Phi) is 3.86. The van der Waals surface area contributed by atoms with Crippen LogP contribution in [0.1, 0.15) is 0 Å². The Hall–Kier alpha value is -2.03. The molecule has 0 saturated heterocycles. The highest BCUT2D eigenvalue weighted by atomic mass is 32.2. The minimum absolute atomic E-state index is 0.561. The number of benzene rings is 1. The predicted molar refractivity (Wildman–Crippen MR) is 79.3 cm³/mol. The van der Waals surface area contributed by atoms with Crippen molar-refractivity contribution in [2.75, 3.05) is 5.43 Å². The molecule has 0 radical (unpaired) electrons. The van der Waals surface area contributed by atoms with Crippen LogP contribution >= 0.6 is 23.3 Å². The Bertz CT molecular complexity index is 686. The summed E-state index contributed by atoms with van der Waals surface area (Å²) in [5.41, 5.74) is 3.49. The minimum Gasteiger partial charge on any atom is -0.308 e. The highest BCUT2D eigenvalue weighted by Gasteiger charge is 2.09. The first-order chi connectivity index (χ1) is 9.85. The van der Waals surface area contributed by atoms with Gasteiger partial charge in [0.1, 0.15) is 17.2 Å². The Balaban J connectivity index is 1.99. The van der Waals surface area contributed by atoms with Crippen LogP contribution in [0, 0.1) is 0 Å². The van der Waals surface area contributed by atoms with Gasteiger partial charge in [0.05, 0.1) is 0 Å². The van der Waals surface area contributed by atoms with E-state index in [1.54, 1.807) is 6.07 Å². The number of aromatic nitrogens is 4. The smallest absolute Gasteiger partial charge is 0.175 e. The molecule has 0 aliphatic rings. The molecule has 8 heteroatoms. The van der Waals surface area contributed by atoms with Crippen LogP contribution in [0.3, 0.4) is 0 Å². The fourth-order valence-electron chi connectivity index (χ4n) is 1.56. The topological polar surface area (TPSA) is 89.6 Å². The van der Waals surface area contributed by atoms with Crippen molar-refractivity contribution >= 4 is 29.1 Å². The van der Waals surface area contributed by atoms with E-state index in [4.69, 9.17) is 5.84 Å². The number of rotatable bonds is 4. The SMILES string of the molecule is NNc1cc(Sc2ncns2)nc(-c2ccccc2)n1. The van der Waals surface area contributed by atoms with Crippen molar-refractivity contribution in [2.45, 2.75) is 9.37 Å². The number of hydrogen-bond donors (Lipinski definition) is 2. The molecule has 3 rings (SSSR count). The fraction of sp³-hybridized carbons (Fsp3) is 0. The summed E-state index contributed by atoms with van der Waals surface area (Å²) in [7, 11) is 0. The third-order valence-electron chi connectivity index (χ3n) is 2.42. The molecule has 1 aromatic carbocycles. The van der Waals surface area contributed by atoms with Crippen molar-refractivity contribution in [1.29, 1.82) is 0 Å². The molecule has 6 nitrogen and oxygen atoms in total. The lowest BCUT2D eigenvalue weighted by molar-refractivity contribution is 1.04. The lowest BCUT2D eigenvalue weighted by atomic mass is 10.2. The van der Waals surface area contributed by atoms with E-state index in [1.807, 2.05) is 30.3 Å². The largest absolute Gasteiger partial charge is 0.308 e. The zero-order valence-electron chi connectivity index (χ0n) is 10.2. The molecular weight excluding hydrogens is 292 g/mol. The predicted octanol–water partition coefficient (Wildman–Crippen LogP) is 2.43. The van der Waals surface area contributed by atoms with Crippen LogP contribution in [0.5, 0.6) is 0 Å². The monoisotopic (exact) mass is 302 g/mol. The number of hydrazine groups is 1. The Labute approximate surface area is 123 Å². The number of nitrogens with one attached hydrogen (secondary N) is 1. The molecule has 2 heterocycles. The van der Waals surface area contributed by atoms with Gasteiger partial charge in [-0.1, -0.05) is 30.3 Å². The van der Waals surface area contributed by atoms with Gasteiger partial charge in [0.25, 0.3) is 0 Å². The standard InChI is InChI=1S/C12H10N6S2/c13-18-9-6-10(19-12-14-7-15-20-12)17-11(16-9)8-4-2-1-3-5-8/h1-7H,13H2,(H,16,17,18). The molecular formula is C12H10N6S2. The number of nitrogens with zero attached hydrogens (tertiary/aromatic N) is 4. The number of nitrogens with two attached hydrogens (primary N) is 1. The van der Waals surface area contributed by atoms with E-state index in [2.05, 4.69) is 24.8 Å². The number of hydrogen-bond acceptors (Lipinski definition) is 8. The molecule has 0 aliphatic heterocycles. The highest BCUT2D eigenvalue weighted by molar-refractivity contribution is 8.00. The summed E-state index contributed by atoms with van der Waals surface area (Å²) in [6.45, 7) is 0. The Morgan fingerprint density at radius 1 is 1.15 bits per heavy atom. The first kappa shape index (κ1) is 13.0. The van der Waals surface area contributed by atoms with E-state index in [-0.39, 0.29) is 0 Å². The summed E-state index contributed by atoms with van der Waals surface area (Å²) in [6.07, 6.45) is 1.52. The molecule has 3 aromatic rings. The molecule has 3 N–H and O–H groups in total. The molecule has 0 atom stereocenters. The van der Waals surface area contributed by atoms with Gasteiger partial charge in [0, 0.05) is 11.6 Å². The number of nitrogen functional groups attached to an aromatic ring is 1. The van der Waals surface area contributed by atoms with Crippen LogP contribution < -0.4 is 11.3 Å². The molecule has 0 spiro atoms. The summed E-state index contributed by atoms with van der Waals surface area (Å²) in [5, 5.41) is 0.767. The molecule has 2 aromatic heterocycles. The van der Waals surface area contributed by atoms with Crippen molar-refractivity contribution in [3.05, 3.63) is 42.7 Å². The molecule has 100 valence electrons. The molecule has 20 heavy (non-hydrogen) atoms. The van der Waals surface area contributed by atoms with E-state index in [1.165, 1.54) is 29.6 Å². The maximum absolute atomic E-state index is 5.46. The highest BCUT2D eigenvalue weighted by Crippen LogP contribution is 2.29. The van der Waals surface area contributed by atoms with E-state index in [0.29, 0.717) is 11.6 Å². The molecule has 0 unspecified atom stereocenters. The quantitative estimate of drug-likeness (QED) is 0.434. The second-order valence-corrected chi connectivity index (χ2v) is 5.78. The maximum atomic E-state index is 5.46. The third-order valence-corrected chi connectivity index (χ3v) is 4.05. The van der Waals surface area contributed by atoms with Gasteiger partial charge in [-0.2, -0.15) is 4.37 Å². The van der Waals surface area contributed by atoms with E-state index >= 15 is 0 Å². The van der Waals surface area contributed by atoms with Gasteiger partial charge < -0.3 is 5.43 Å². The lowest BCUT2D eigenvalue weighted by Crippen LogP contribution is -2.09. The van der Waals surface area contributed by atoms with Gasteiger partial charge in [-0.15, -0.1) is 0 Å². The van der Waals surface area contributed by atoms with Gasteiger partial charge >= 0.3 is 0 Å². The molecule has 0 bridgehead atoms. The summed E-state index contributed by atoms with van der Waals surface area (Å²) < 4.78 is 4.79. The third kappa shape index (κ3) is 2.93. The van der Waals surface area contributed by atoms with Crippen LogP contribution in [0.2, 0.25) is 0 Å². The van der Waals surface area contributed by atoms with E-state index in [9.17, 15) is 0 Å². The minimum atomic E-state index is 0.561. The zero-order chi connectivity index (χ0) is 13.8. The zero-order valence-corrected chi connectivity index (χ0v) is 11.9. The van der Waals surface area contributed by atoms with Gasteiger partial charge in [-0.25, -0.2) is 20.8 Å².